The van der Waals surface area contributed by atoms with Gasteiger partial charge in [-0.3, -0.25) is 14.4 Å². The van der Waals surface area contributed by atoms with Crippen LogP contribution in [0.3, 0.4) is 0 Å². The summed E-state index contributed by atoms with van der Waals surface area (Å²) in [5, 5.41) is 12.3. The first-order valence-electron chi connectivity index (χ1n) is 11.6. The van der Waals surface area contributed by atoms with Crippen LogP contribution < -0.4 is 10.2 Å². The van der Waals surface area contributed by atoms with Crippen molar-refractivity contribution in [2.75, 3.05) is 31.1 Å². The molecule has 2 N–H and O–H groups in total. The van der Waals surface area contributed by atoms with Gasteiger partial charge in [-0.25, -0.2) is 0 Å². The van der Waals surface area contributed by atoms with Crippen LogP contribution in [0.2, 0.25) is 0 Å². The predicted octanol–water partition coefficient (Wildman–Crippen LogP) is 3.42. The second kappa shape index (κ2) is 10.4. The molecule has 0 aromatic heterocycles. The summed E-state index contributed by atoms with van der Waals surface area (Å²) in [6.07, 6.45) is -2.74. The number of hydrogen-bond donors (Lipinski definition) is 2. The van der Waals surface area contributed by atoms with Gasteiger partial charge in [0.25, 0.3) is 5.91 Å². The van der Waals surface area contributed by atoms with Crippen LogP contribution in [0.25, 0.3) is 5.70 Å². The van der Waals surface area contributed by atoms with Crippen molar-refractivity contribution in [2.45, 2.75) is 25.1 Å². The van der Waals surface area contributed by atoms with E-state index in [1.54, 1.807) is 17.0 Å². The summed E-state index contributed by atoms with van der Waals surface area (Å²) in [5.41, 5.74) is 1.17. The molecule has 0 bridgehead atoms. The van der Waals surface area contributed by atoms with Crippen LogP contribution in [0.15, 0.2) is 60.7 Å². The van der Waals surface area contributed by atoms with Gasteiger partial charge >= 0.3 is 12.1 Å². The highest BCUT2D eigenvalue weighted by Gasteiger charge is 2.39. The number of nitrogens with zero attached hydrogens (tertiary/aromatic N) is 2. The number of amides is 1. The standard InChI is InChI=1S/C26H26F3N3O4/c27-26(28,29)18-7-4-8-19(15-18)31-11-13-32(14-12-31)25(36)24(35)20-16-22(17-5-2-1-3-6-17)30-21(20)9-10-23(33)34/h1-8,15-16,20-21,30H,9-14H2,(H,33,34). The average molecular weight is 502 g/mol. The van der Waals surface area contributed by atoms with Crippen LogP contribution in [0.1, 0.15) is 24.0 Å². The molecule has 0 spiro atoms. The molecular weight excluding hydrogens is 475 g/mol. The highest BCUT2D eigenvalue weighted by atomic mass is 19.4. The number of carboxylic acid groups (broad SMARTS) is 1. The number of carbonyl (C=O) groups is 3. The molecule has 0 saturated carbocycles. The Morgan fingerprint density at radius 2 is 1.67 bits per heavy atom. The van der Waals surface area contributed by atoms with Crippen LogP contribution in [-0.2, 0) is 20.6 Å². The summed E-state index contributed by atoms with van der Waals surface area (Å²) in [6, 6.07) is 13.7. The molecule has 1 amide bonds. The third-order valence-corrected chi connectivity index (χ3v) is 6.49. The largest absolute Gasteiger partial charge is 0.481 e. The maximum atomic E-state index is 13.2. The zero-order chi connectivity index (χ0) is 25.9. The molecule has 10 heteroatoms. The number of hydrogen-bond acceptors (Lipinski definition) is 5. The van der Waals surface area contributed by atoms with E-state index in [0.717, 1.165) is 17.7 Å². The van der Waals surface area contributed by atoms with E-state index in [4.69, 9.17) is 5.11 Å². The van der Waals surface area contributed by atoms with Gasteiger partial charge in [0.05, 0.1) is 11.5 Å². The molecule has 4 rings (SSSR count). The number of alkyl halides is 3. The number of nitrogens with one attached hydrogen (secondary N) is 1. The molecule has 0 radical (unpaired) electrons. The fourth-order valence-electron chi connectivity index (χ4n) is 4.56. The molecule has 2 aliphatic heterocycles. The van der Waals surface area contributed by atoms with Crippen molar-refractivity contribution in [3.05, 3.63) is 71.8 Å². The summed E-state index contributed by atoms with van der Waals surface area (Å²) in [7, 11) is 0. The van der Waals surface area contributed by atoms with Gasteiger partial charge in [-0.15, -0.1) is 0 Å². The molecular formula is C26H26F3N3O4. The minimum Gasteiger partial charge on any atom is -0.481 e. The first-order valence-corrected chi connectivity index (χ1v) is 11.6. The molecule has 36 heavy (non-hydrogen) atoms. The van der Waals surface area contributed by atoms with Crippen LogP contribution in [0, 0.1) is 5.92 Å². The maximum absolute atomic E-state index is 13.2. The van der Waals surface area contributed by atoms with Crippen molar-refractivity contribution in [1.29, 1.82) is 0 Å². The van der Waals surface area contributed by atoms with Gasteiger partial charge in [0.2, 0.25) is 5.78 Å². The van der Waals surface area contributed by atoms with Crippen LogP contribution in [0.5, 0.6) is 0 Å². The van der Waals surface area contributed by atoms with Gasteiger partial charge in [0.15, 0.2) is 0 Å². The summed E-state index contributed by atoms with van der Waals surface area (Å²) in [5.74, 6) is -3.10. The Balaban J connectivity index is 1.44. The molecule has 0 aliphatic carbocycles. The van der Waals surface area contributed by atoms with E-state index in [1.165, 1.54) is 11.0 Å². The number of aliphatic carboxylic acids is 1. The van der Waals surface area contributed by atoms with Crippen molar-refractivity contribution in [3.8, 4) is 0 Å². The molecule has 190 valence electrons. The van der Waals surface area contributed by atoms with E-state index in [1.807, 2.05) is 30.3 Å². The number of carbonyl (C=O) groups excluding carboxylic acids is 2. The monoisotopic (exact) mass is 501 g/mol. The number of Topliss-reactive ketones (excluding diaryl/α,β-unsaturated/α-hetero) is 1. The van der Waals surface area contributed by atoms with E-state index >= 15 is 0 Å². The lowest BCUT2D eigenvalue weighted by Crippen LogP contribution is -2.52. The highest BCUT2D eigenvalue weighted by Crippen LogP contribution is 2.32. The second-order valence-corrected chi connectivity index (χ2v) is 8.85. The molecule has 2 atom stereocenters. The van der Waals surface area contributed by atoms with Gasteiger partial charge < -0.3 is 20.2 Å². The normalized spacial score (nSPS) is 20.0. The SMILES string of the molecule is O=C(O)CCC1NC(c2ccccc2)=CC1C(=O)C(=O)N1CCN(c2cccc(C(F)(F)F)c2)CC1. The van der Waals surface area contributed by atoms with E-state index in [9.17, 15) is 27.6 Å². The number of anilines is 1. The smallest absolute Gasteiger partial charge is 0.416 e. The van der Waals surface area contributed by atoms with Crippen molar-refractivity contribution < 1.29 is 32.7 Å². The van der Waals surface area contributed by atoms with Gasteiger partial charge in [0, 0.05) is 50.0 Å². The van der Waals surface area contributed by atoms with Gasteiger partial charge in [0.1, 0.15) is 0 Å². The van der Waals surface area contributed by atoms with E-state index in [0.29, 0.717) is 11.4 Å². The maximum Gasteiger partial charge on any atom is 0.416 e. The summed E-state index contributed by atoms with van der Waals surface area (Å²) < 4.78 is 39.2. The number of benzene rings is 2. The fourth-order valence-corrected chi connectivity index (χ4v) is 4.56. The summed E-state index contributed by atoms with van der Waals surface area (Å²) in [4.78, 5) is 40.6. The summed E-state index contributed by atoms with van der Waals surface area (Å²) >= 11 is 0. The lowest BCUT2D eigenvalue weighted by molar-refractivity contribution is -0.146. The van der Waals surface area contributed by atoms with E-state index in [-0.39, 0.29) is 39.0 Å². The van der Waals surface area contributed by atoms with Gasteiger partial charge in [-0.05, 0) is 36.3 Å². The lowest BCUT2D eigenvalue weighted by atomic mass is 9.92. The zero-order valence-corrected chi connectivity index (χ0v) is 19.4. The topological polar surface area (TPSA) is 89.9 Å². The summed E-state index contributed by atoms with van der Waals surface area (Å²) in [6.45, 7) is 0.958. The third-order valence-electron chi connectivity index (χ3n) is 6.49. The minimum absolute atomic E-state index is 0.152. The predicted molar refractivity (Wildman–Crippen MR) is 127 cm³/mol. The fraction of sp³-hybridized carbons (Fsp3) is 0.346. The number of ketones is 1. The van der Waals surface area contributed by atoms with Gasteiger partial charge in [-0.2, -0.15) is 13.2 Å². The quantitative estimate of drug-likeness (QED) is 0.566. The molecule has 2 aliphatic rings. The van der Waals surface area contributed by atoms with E-state index < -0.39 is 41.4 Å². The third kappa shape index (κ3) is 5.69. The molecule has 2 aromatic carbocycles. The van der Waals surface area contributed by atoms with Crippen molar-refractivity contribution >= 4 is 29.0 Å². The number of rotatable bonds is 7. The van der Waals surface area contributed by atoms with Gasteiger partial charge in [-0.1, -0.05) is 36.4 Å². The molecule has 2 aromatic rings. The first-order chi connectivity index (χ1) is 17.1. The Hall–Kier alpha value is -3.82. The molecule has 7 nitrogen and oxygen atoms in total. The Kier molecular flexibility index (Phi) is 7.32. The zero-order valence-electron chi connectivity index (χ0n) is 19.4. The van der Waals surface area contributed by atoms with Crippen molar-refractivity contribution in [2.24, 2.45) is 5.92 Å². The van der Waals surface area contributed by atoms with Crippen LogP contribution >= 0.6 is 0 Å². The Bertz CT molecular complexity index is 1160. The molecule has 2 unspecified atom stereocenters. The van der Waals surface area contributed by atoms with E-state index in [2.05, 4.69) is 5.32 Å². The van der Waals surface area contributed by atoms with Crippen LogP contribution in [-0.4, -0.2) is 59.9 Å². The highest BCUT2D eigenvalue weighted by molar-refractivity contribution is 6.37. The van der Waals surface area contributed by atoms with Crippen molar-refractivity contribution in [3.63, 3.8) is 0 Å². The Morgan fingerprint density at radius 3 is 2.31 bits per heavy atom. The lowest BCUT2D eigenvalue weighted by Gasteiger charge is -2.36. The number of carboxylic acids is 1. The molecule has 1 fully saturated rings. The molecule has 2 heterocycles. The average Bonchev–Trinajstić information content (AvgIpc) is 3.31. The number of halogens is 3. The number of piperazine rings is 1. The Labute approximate surface area is 206 Å². The Morgan fingerprint density at radius 1 is 0.972 bits per heavy atom. The van der Waals surface area contributed by atoms with Crippen LogP contribution in [0.4, 0.5) is 18.9 Å². The minimum atomic E-state index is -4.45. The second-order valence-electron chi connectivity index (χ2n) is 8.85. The molecule has 1 saturated heterocycles. The van der Waals surface area contributed by atoms with Crippen molar-refractivity contribution in [1.82, 2.24) is 10.2 Å². The first kappa shape index (κ1) is 25.3.